The fourth-order valence-electron chi connectivity index (χ4n) is 3.64. The Labute approximate surface area is 166 Å². The van der Waals surface area contributed by atoms with Crippen molar-refractivity contribution in [2.45, 2.75) is 51.9 Å². The number of nitrogens with one attached hydrogen (secondary N) is 1. The van der Waals surface area contributed by atoms with Crippen LogP contribution in [0.4, 0.5) is 4.79 Å². The predicted molar refractivity (Wildman–Crippen MR) is 108 cm³/mol. The molecular weight excluding hydrogens is 352 g/mol. The summed E-state index contributed by atoms with van der Waals surface area (Å²) in [5.41, 5.74) is 1.58. The number of nitrogens with zero attached hydrogens (tertiary/aromatic N) is 1. The minimum Gasteiger partial charge on any atom is -0.444 e. The van der Waals surface area contributed by atoms with Gasteiger partial charge in [0, 0.05) is 12.6 Å². The van der Waals surface area contributed by atoms with Crippen LogP contribution < -0.4 is 5.32 Å². The first-order valence-electron chi connectivity index (χ1n) is 9.65. The fraction of sp³-hybridized carbons (Fsp3) is 0.391. The average molecular weight is 380 g/mol. The Kier molecular flexibility index (Phi) is 5.73. The van der Waals surface area contributed by atoms with Crippen LogP contribution in [0.3, 0.4) is 0 Å². The molecule has 0 unspecified atom stereocenters. The van der Waals surface area contributed by atoms with Crippen LogP contribution in [0.15, 0.2) is 60.7 Å². The van der Waals surface area contributed by atoms with Crippen molar-refractivity contribution >= 4 is 12.0 Å². The molecular formula is C23H28N2O3. The van der Waals surface area contributed by atoms with Gasteiger partial charge in [0.15, 0.2) is 0 Å². The van der Waals surface area contributed by atoms with Crippen LogP contribution in [0.25, 0.3) is 0 Å². The summed E-state index contributed by atoms with van der Waals surface area (Å²) >= 11 is 0. The SMILES string of the molecule is C[C@H](NC(=O)OC(C)(C)C)[C@@H]1C(=O)N(Cc2ccccc2)[C@H]1c1ccccc1. The molecule has 5 heteroatoms. The highest BCUT2D eigenvalue weighted by atomic mass is 16.6. The summed E-state index contributed by atoms with van der Waals surface area (Å²) in [5.74, 6) is -0.278. The highest BCUT2D eigenvalue weighted by Crippen LogP contribution is 2.43. The van der Waals surface area contributed by atoms with Crippen LogP contribution in [0, 0.1) is 5.92 Å². The second-order valence-electron chi connectivity index (χ2n) is 8.27. The number of benzene rings is 2. The number of carbonyl (C=O) groups excluding carboxylic acids is 2. The number of hydrogen-bond donors (Lipinski definition) is 1. The topological polar surface area (TPSA) is 58.6 Å². The summed E-state index contributed by atoms with van der Waals surface area (Å²) < 4.78 is 5.35. The van der Waals surface area contributed by atoms with E-state index >= 15 is 0 Å². The van der Waals surface area contributed by atoms with Gasteiger partial charge in [0.1, 0.15) is 5.60 Å². The van der Waals surface area contributed by atoms with Crippen molar-refractivity contribution in [2.24, 2.45) is 5.92 Å². The number of hydrogen-bond acceptors (Lipinski definition) is 3. The highest BCUT2D eigenvalue weighted by molar-refractivity contribution is 5.88. The van der Waals surface area contributed by atoms with Gasteiger partial charge in [-0.15, -0.1) is 0 Å². The largest absolute Gasteiger partial charge is 0.444 e. The summed E-state index contributed by atoms with van der Waals surface area (Å²) in [5, 5.41) is 2.84. The van der Waals surface area contributed by atoms with Gasteiger partial charge < -0.3 is 15.0 Å². The number of amides is 2. The molecule has 3 atom stereocenters. The van der Waals surface area contributed by atoms with Gasteiger partial charge in [-0.3, -0.25) is 4.79 Å². The maximum absolute atomic E-state index is 13.0. The second-order valence-corrected chi connectivity index (χ2v) is 8.27. The molecule has 0 aromatic heterocycles. The minimum absolute atomic E-state index is 0.0428. The normalized spacial score (nSPS) is 20.3. The molecule has 1 N–H and O–H groups in total. The summed E-state index contributed by atoms with van der Waals surface area (Å²) in [6, 6.07) is 19.5. The van der Waals surface area contributed by atoms with Crippen LogP contribution >= 0.6 is 0 Å². The molecule has 0 bridgehead atoms. The summed E-state index contributed by atoms with van der Waals surface area (Å²) in [4.78, 5) is 27.0. The first-order valence-corrected chi connectivity index (χ1v) is 9.65. The van der Waals surface area contributed by atoms with E-state index in [-0.39, 0.29) is 23.9 Å². The molecule has 2 aromatic carbocycles. The van der Waals surface area contributed by atoms with Gasteiger partial charge >= 0.3 is 6.09 Å². The van der Waals surface area contributed by atoms with Gasteiger partial charge in [-0.2, -0.15) is 0 Å². The molecule has 1 saturated heterocycles. The van der Waals surface area contributed by atoms with E-state index in [1.165, 1.54) is 0 Å². The molecule has 2 amide bonds. The molecule has 2 aromatic rings. The monoisotopic (exact) mass is 380 g/mol. The average Bonchev–Trinajstić information content (AvgIpc) is 2.63. The summed E-state index contributed by atoms with van der Waals surface area (Å²) in [7, 11) is 0. The van der Waals surface area contributed by atoms with Gasteiger partial charge in [0.2, 0.25) is 5.91 Å². The predicted octanol–water partition coefficient (Wildman–Crippen LogP) is 4.30. The number of alkyl carbamates (subject to hydrolysis) is 1. The lowest BCUT2D eigenvalue weighted by molar-refractivity contribution is -0.160. The van der Waals surface area contributed by atoms with Crippen LogP contribution in [0.2, 0.25) is 0 Å². The van der Waals surface area contributed by atoms with Crippen LogP contribution in [0.1, 0.15) is 44.9 Å². The molecule has 0 radical (unpaired) electrons. The molecule has 1 aliphatic rings. The molecule has 28 heavy (non-hydrogen) atoms. The van der Waals surface area contributed by atoms with Gasteiger partial charge in [-0.1, -0.05) is 60.7 Å². The lowest BCUT2D eigenvalue weighted by Gasteiger charge is -2.50. The zero-order valence-corrected chi connectivity index (χ0v) is 16.9. The van der Waals surface area contributed by atoms with Crippen LogP contribution in [-0.2, 0) is 16.1 Å². The van der Waals surface area contributed by atoms with E-state index in [0.717, 1.165) is 11.1 Å². The lowest BCUT2D eigenvalue weighted by atomic mass is 9.77. The van der Waals surface area contributed by atoms with E-state index in [1.807, 2.05) is 93.3 Å². The van der Waals surface area contributed by atoms with E-state index < -0.39 is 11.7 Å². The highest BCUT2D eigenvalue weighted by Gasteiger charge is 2.50. The fourth-order valence-corrected chi connectivity index (χ4v) is 3.64. The molecule has 148 valence electrons. The molecule has 1 aliphatic heterocycles. The van der Waals surface area contributed by atoms with Crippen molar-refractivity contribution in [2.75, 3.05) is 0 Å². The van der Waals surface area contributed by atoms with E-state index in [4.69, 9.17) is 4.74 Å². The van der Waals surface area contributed by atoms with Crippen molar-refractivity contribution < 1.29 is 14.3 Å². The third-order valence-corrected chi connectivity index (χ3v) is 4.86. The third kappa shape index (κ3) is 4.53. The summed E-state index contributed by atoms with van der Waals surface area (Å²) in [6.45, 7) is 7.87. The zero-order valence-electron chi connectivity index (χ0n) is 16.9. The first-order chi connectivity index (χ1) is 13.3. The Morgan fingerprint density at radius 2 is 1.64 bits per heavy atom. The van der Waals surface area contributed by atoms with Crippen molar-refractivity contribution in [3.8, 4) is 0 Å². The Bertz CT molecular complexity index is 815. The van der Waals surface area contributed by atoms with Crippen LogP contribution in [0.5, 0.6) is 0 Å². The number of β-lactam (4-membered cyclic amide) rings is 1. The zero-order chi connectivity index (χ0) is 20.3. The molecule has 0 aliphatic carbocycles. The number of carbonyl (C=O) groups is 2. The molecule has 1 fully saturated rings. The Morgan fingerprint density at radius 3 is 2.21 bits per heavy atom. The Hall–Kier alpha value is -2.82. The van der Waals surface area contributed by atoms with Gasteiger partial charge in [0.25, 0.3) is 0 Å². The molecule has 0 spiro atoms. The maximum atomic E-state index is 13.0. The van der Waals surface area contributed by atoms with E-state index in [0.29, 0.717) is 6.54 Å². The van der Waals surface area contributed by atoms with Gasteiger partial charge in [-0.25, -0.2) is 4.79 Å². The van der Waals surface area contributed by atoms with E-state index in [9.17, 15) is 9.59 Å². The van der Waals surface area contributed by atoms with E-state index in [1.54, 1.807) is 0 Å². The van der Waals surface area contributed by atoms with Crippen molar-refractivity contribution in [3.63, 3.8) is 0 Å². The molecule has 3 rings (SSSR count). The second kappa shape index (κ2) is 8.05. The van der Waals surface area contributed by atoms with Crippen molar-refractivity contribution in [1.29, 1.82) is 0 Å². The number of rotatable bonds is 5. The third-order valence-electron chi connectivity index (χ3n) is 4.86. The number of likely N-dealkylation sites (tertiary alicyclic amines) is 1. The smallest absolute Gasteiger partial charge is 0.407 e. The van der Waals surface area contributed by atoms with Gasteiger partial charge in [0.05, 0.1) is 12.0 Å². The van der Waals surface area contributed by atoms with Crippen molar-refractivity contribution in [1.82, 2.24) is 10.2 Å². The lowest BCUT2D eigenvalue weighted by Crippen LogP contribution is -2.61. The van der Waals surface area contributed by atoms with Crippen LogP contribution in [-0.4, -0.2) is 28.5 Å². The molecule has 1 heterocycles. The minimum atomic E-state index is -0.578. The Balaban J connectivity index is 1.78. The van der Waals surface area contributed by atoms with Gasteiger partial charge in [-0.05, 0) is 38.8 Å². The maximum Gasteiger partial charge on any atom is 0.407 e. The number of ether oxygens (including phenoxy) is 1. The first kappa shape index (κ1) is 19.9. The molecule has 5 nitrogen and oxygen atoms in total. The summed E-state index contributed by atoms with van der Waals surface area (Å²) in [6.07, 6.45) is -0.499. The van der Waals surface area contributed by atoms with Crippen molar-refractivity contribution in [3.05, 3.63) is 71.8 Å². The quantitative estimate of drug-likeness (QED) is 0.787. The molecule has 0 saturated carbocycles. The Morgan fingerprint density at radius 1 is 1.07 bits per heavy atom. The standard InChI is InChI=1S/C23H28N2O3/c1-16(24-22(27)28-23(2,3)4)19-20(18-13-9-6-10-14-18)25(21(19)26)15-17-11-7-5-8-12-17/h5-14,16,19-20H,15H2,1-4H3,(H,24,27)/t16-,19-,20-/m0/s1. The van der Waals surface area contributed by atoms with E-state index in [2.05, 4.69) is 5.32 Å².